The molecule has 4 heterocycles. The van der Waals surface area contributed by atoms with Gasteiger partial charge >= 0.3 is 0 Å². The van der Waals surface area contributed by atoms with Crippen LogP contribution in [-0.2, 0) is 17.8 Å². The van der Waals surface area contributed by atoms with E-state index < -0.39 is 0 Å². The maximum absolute atomic E-state index is 13.1. The average molecular weight is 361 g/mol. The van der Waals surface area contributed by atoms with Gasteiger partial charge in [0.25, 0.3) is 0 Å². The van der Waals surface area contributed by atoms with Crippen LogP contribution in [0.3, 0.4) is 0 Å². The largest absolute Gasteiger partial charge is 0.355 e. The second-order valence-electron chi connectivity index (χ2n) is 7.45. The van der Waals surface area contributed by atoms with Crippen molar-refractivity contribution in [3.05, 3.63) is 60.0 Å². The minimum atomic E-state index is 0.121. The number of benzene rings is 1. The number of piperidine rings is 1. The Morgan fingerprint density at radius 2 is 1.81 bits per heavy atom. The zero-order chi connectivity index (χ0) is 18.2. The van der Waals surface area contributed by atoms with E-state index in [9.17, 15) is 4.79 Å². The molecule has 0 unspecified atom stereocenters. The summed E-state index contributed by atoms with van der Waals surface area (Å²) >= 11 is 0. The van der Waals surface area contributed by atoms with Gasteiger partial charge in [0.05, 0.1) is 6.20 Å². The highest BCUT2D eigenvalue weighted by molar-refractivity contribution is 5.80. The number of fused-ring (bicyclic) bond motifs is 2. The van der Waals surface area contributed by atoms with Gasteiger partial charge in [0.1, 0.15) is 5.52 Å². The van der Waals surface area contributed by atoms with Gasteiger partial charge in [0.15, 0.2) is 5.82 Å². The molecule has 5 rings (SSSR count). The first-order valence-electron chi connectivity index (χ1n) is 9.68. The van der Waals surface area contributed by atoms with Crippen molar-refractivity contribution in [3.8, 4) is 0 Å². The molecule has 0 spiro atoms. The van der Waals surface area contributed by atoms with E-state index in [0.29, 0.717) is 5.91 Å². The first-order chi connectivity index (χ1) is 13.3. The Hall–Kier alpha value is -2.89. The molecule has 27 heavy (non-hydrogen) atoms. The lowest BCUT2D eigenvalue weighted by Crippen LogP contribution is -2.44. The highest BCUT2D eigenvalue weighted by Crippen LogP contribution is 2.28. The lowest BCUT2D eigenvalue weighted by Gasteiger charge is -2.36. The third-order valence-electron chi connectivity index (χ3n) is 5.89. The van der Waals surface area contributed by atoms with Gasteiger partial charge in [-0.25, -0.2) is 9.50 Å². The predicted octanol–water partition coefficient (Wildman–Crippen LogP) is 2.53. The molecular weight excluding hydrogens is 338 g/mol. The molecular formula is C21H23N5O. The van der Waals surface area contributed by atoms with E-state index in [-0.39, 0.29) is 5.92 Å². The number of carbonyl (C=O) groups excluding carboxylic acids is 1. The topological polar surface area (TPSA) is 53.7 Å². The third-order valence-corrected chi connectivity index (χ3v) is 5.89. The van der Waals surface area contributed by atoms with Crippen molar-refractivity contribution < 1.29 is 4.79 Å². The lowest BCUT2D eigenvalue weighted by molar-refractivity contribution is -0.137. The summed E-state index contributed by atoms with van der Waals surface area (Å²) in [6.45, 7) is 3.32. The van der Waals surface area contributed by atoms with Gasteiger partial charge in [0, 0.05) is 44.5 Å². The van der Waals surface area contributed by atoms with Crippen molar-refractivity contribution in [2.24, 2.45) is 5.92 Å². The van der Waals surface area contributed by atoms with Gasteiger partial charge in [-0.2, -0.15) is 5.10 Å². The van der Waals surface area contributed by atoms with Crippen molar-refractivity contribution in [2.75, 3.05) is 24.5 Å². The van der Waals surface area contributed by atoms with Crippen molar-refractivity contribution in [3.63, 3.8) is 0 Å². The molecule has 2 aromatic heterocycles. The number of hydrogen-bond acceptors (Lipinski definition) is 4. The number of anilines is 1. The van der Waals surface area contributed by atoms with Crippen LogP contribution in [0.15, 0.2) is 48.9 Å². The Labute approximate surface area is 158 Å². The van der Waals surface area contributed by atoms with Gasteiger partial charge in [-0.15, -0.1) is 0 Å². The molecule has 1 aromatic carbocycles. The first-order valence-corrected chi connectivity index (χ1v) is 9.68. The number of carbonyl (C=O) groups is 1. The molecule has 0 N–H and O–H groups in total. The molecule has 3 aromatic rings. The highest BCUT2D eigenvalue weighted by atomic mass is 16.2. The van der Waals surface area contributed by atoms with Crippen molar-refractivity contribution in [2.45, 2.75) is 25.8 Å². The standard InChI is InChI=1S/C21H23N5O/c27-21(25-13-6-16-3-1-2-4-18(16)15-25)17-7-11-24(12-8-17)20-19-5-9-23-26(19)14-10-22-20/h1-5,9-10,14,17H,6-8,11-13,15H2. The van der Waals surface area contributed by atoms with E-state index in [1.807, 2.05) is 16.8 Å². The predicted molar refractivity (Wildman–Crippen MR) is 103 cm³/mol. The Morgan fingerprint density at radius 1 is 1.00 bits per heavy atom. The second-order valence-corrected chi connectivity index (χ2v) is 7.45. The van der Waals surface area contributed by atoms with E-state index in [1.165, 1.54) is 11.1 Å². The van der Waals surface area contributed by atoms with Crippen LogP contribution in [0, 0.1) is 5.92 Å². The minimum Gasteiger partial charge on any atom is -0.355 e. The van der Waals surface area contributed by atoms with Crippen LogP contribution in [0.2, 0.25) is 0 Å². The molecule has 0 bridgehead atoms. The molecule has 2 aliphatic rings. The van der Waals surface area contributed by atoms with Crippen LogP contribution < -0.4 is 4.90 Å². The molecule has 1 amide bonds. The third kappa shape index (κ3) is 2.95. The van der Waals surface area contributed by atoms with Crippen LogP contribution in [0.1, 0.15) is 24.0 Å². The van der Waals surface area contributed by atoms with E-state index >= 15 is 0 Å². The summed E-state index contributed by atoms with van der Waals surface area (Å²) in [6.07, 6.45) is 8.18. The van der Waals surface area contributed by atoms with Crippen molar-refractivity contribution in [1.82, 2.24) is 19.5 Å². The quantitative estimate of drug-likeness (QED) is 0.704. The van der Waals surface area contributed by atoms with E-state index in [1.54, 1.807) is 12.4 Å². The number of rotatable bonds is 2. The summed E-state index contributed by atoms with van der Waals surface area (Å²) in [6, 6.07) is 10.5. The van der Waals surface area contributed by atoms with Gasteiger partial charge < -0.3 is 9.80 Å². The fourth-order valence-electron chi connectivity index (χ4n) is 4.37. The number of hydrogen-bond donors (Lipinski definition) is 0. The molecule has 6 heteroatoms. The fraction of sp³-hybridized carbons (Fsp3) is 0.381. The lowest BCUT2D eigenvalue weighted by atomic mass is 9.93. The zero-order valence-electron chi connectivity index (χ0n) is 15.3. The van der Waals surface area contributed by atoms with Crippen LogP contribution in [0.4, 0.5) is 5.82 Å². The van der Waals surface area contributed by atoms with Gasteiger partial charge in [-0.3, -0.25) is 4.79 Å². The van der Waals surface area contributed by atoms with Crippen molar-refractivity contribution in [1.29, 1.82) is 0 Å². The summed E-state index contributed by atoms with van der Waals surface area (Å²) in [7, 11) is 0. The summed E-state index contributed by atoms with van der Waals surface area (Å²) in [4.78, 5) is 22.0. The number of amides is 1. The summed E-state index contributed by atoms with van der Waals surface area (Å²) in [5, 5.41) is 4.29. The summed E-state index contributed by atoms with van der Waals surface area (Å²) < 4.78 is 1.85. The zero-order valence-corrected chi connectivity index (χ0v) is 15.3. The maximum atomic E-state index is 13.1. The Balaban J connectivity index is 1.26. The Morgan fingerprint density at radius 3 is 2.67 bits per heavy atom. The highest BCUT2D eigenvalue weighted by Gasteiger charge is 2.31. The average Bonchev–Trinajstić information content (AvgIpc) is 3.22. The second kappa shape index (κ2) is 6.68. The number of aromatic nitrogens is 3. The van der Waals surface area contributed by atoms with E-state index in [0.717, 1.165) is 56.8 Å². The number of nitrogens with zero attached hydrogens (tertiary/aromatic N) is 5. The molecule has 0 atom stereocenters. The van der Waals surface area contributed by atoms with Gasteiger partial charge in [-0.05, 0) is 36.5 Å². The Kier molecular flexibility index (Phi) is 4.03. The van der Waals surface area contributed by atoms with E-state index in [4.69, 9.17) is 0 Å². The first kappa shape index (κ1) is 16.3. The minimum absolute atomic E-state index is 0.121. The van der Waals surface area contributed by atoms with Crippen LogP contribution >= 0.6 is 0 Å². The van der Waals surface area contributed by atoms with Crippen LogP contribution in [-0.4, -0.2) is 45.0 Å². The normalized spacial score (nSPS) is 17.9. The van der Waals surface area contributed by atoms with Gasteiger partial charge in [-0.1, -0.05) is 24.3 Å². The van der Waals surface area contributed by atoms with Crippen LogP contribution in [0.5, 0.6) is 0 Å². The molecule has 6 nitrogen and oxygen atoms in total. The molecule has 0 aliphatic carbocycles. The van der Waals surface area contributed by atoms with E-state index in [2.05, 4.69) is 44.1 Å². The van der Waals surface area contributed by atoms with Crippen molar-refractivity contribution >= 4 is 17.2 Å². The summed E-state index contributed by atoms with van der Waals surface area (Å²) in [5.41, 5.74) is 3.71. The fourth-order valence-corrected chi connectivity index (χ4v) is 4.37. The Bertz CT molecular complexity index is 973. The monoisotopic (exact) mass is 361 g/mol. The smallest absolute Gasteiger partial charge is 0.226 e. The van der Waals surface area contributed by atoms with Gasteiger partial charge in [0.2, 0.25) is 5.91 Å². The maximum Gasteiger partial charge on any atom is 0.226 e. The molecule has 0 radical (unpaired) electrons. The SMILES string of the molecule is O=C(C1CCN(c2nccn3nccc23)CC1)N1CCc2ccccc2C1. The molecule has 1 saturated heterocycles. The molecule has 1 fully saturated rings. The van der Waals surface area contributed by atoms with Crippen LogP contribution in [0.25, 0.3) is 5.52 Å². The molecule has 138 valence electrons. The molecule has 0 saturated carbocycles. The molecule has 2 aliphatic heterocycles. The summed E-state index contributed by atoms with van der Waals surface area (Å²) in [5.74, 6) is 1.41.